The maximum absolute atomic E-state index is 13.3. The molecule has 0 heterocycles. The number of halogens is 1. The van der Waals surface area contributed by atoms with E-state index in [1.165, 1.54) is 6.07 Å². The lowest BCUT2D eigenvalue weighted by atomic mass is 10.1. The summed E-state index contributed by atoms with van der Waals surface area (Å²) in [7, 11) is 0. The van der Waals surface area contributed by atoms with E-state index in [0.717, 1.165) is 0 Å². The van der Waals surface area contributed by atoms with Crippen LogP contribution in [0.5, 0.6) is 0 Å². The number of nitrogens with one attached hydrogen (secondary N) is 1. The Kier molecular flexibility index (Phi) is 4.94. The highest BCUT2D eigenvalue weighted by atomic mass is 19.1. The van der Waals surface area contributed by atoms with Crippen molar-refractivity contribution < 1.29 is 4.39 Å². The molecular formula is C13H17FN2. The Morgan fingerprint density at radius 2 is 2.06 bits per heavy atom. The van der Waals surface area contributed by atoms with Crippen LogP contribution in [0.15, 0.2) is 24.3 Å². The summed E-state index contributed by atoms with van der Waals surface area (Å²) in [5.74, 6) is -0.174. The average molecular weight is 220 g/mol. The van der Waals surface area contributed by atoms with Gasteiger partial charge in [-0.25, -0.2) is 4.39 Å². The van der Waals surface area contributed by atoms with Crippen molar-refractivity contribution in [3.8, 4) is 6.07 Å². The summed E-state index contributed by atoms with van der Waals surface area (Å²) < 4.78 is 13.3. The normalized spacial score (nSPS) is 14.1. The van der Waals surface area contributed by atoms with E-state index < -0.39 is 0 Å². The maximum Gasteiger partial charge on any atom is 0.126 e. The second-order valence-electron chi connectivity index (χ2n) is 4.13. The standard InChI is InChI=1S/C13H17FN2/c1-10(8-15)9-16-11(2)7-12-5-3-4-6-13(12)14/h3-6,10-11,16H,7,9H2,1-2H3. The third kappa shape index (κ3) is 4.00. The van der Waals surface area contributed by atoms with Crippen LogP contribution in [0.1, 0.15) is 19.4 Å². The van der Waals surface area contributed by atoms with Gasteiger partial charge in [-0.2, -0.15) is 5.26 Å². The molecule has 0 spiro atoms. The highest BCUT2D eigenvalue weighted by molar-refractivity contribution is 5.18. The lowest BCUT2D eigenvalue weighted by molar-refractivity contribution is 0.498. The van der Waals surface area contributed by atoms with Crippen LogP contribution in [0, 0.1) is 23.1 Å². The lowest BCUT2D eigenvalue weighted by Gasteiger charge is -2.14. The Morgan fingerprint density at radius 1 is 1.38 bits per heavy atom. The van der Waals surface area contributed by atoms with Crippen molar-refractivity contribution in [2.45, 2.75) is 26.3 Å². The molecule has 0 saturated carbocycles. The third-order valence-electron chi connectivity index (χ3n) is 2.48. The van der Waals surface area contributed by atoms with Crippen LogP contribution < -0.4 is 5.32 Å². The van der Waals surface area contributed by atoms with Gasteiger partial charge in [0.2, 0.25) is 0 Å². The van der Waals surface area contributed by atoms with Gasteiger partial charge in [-0.15, -0.1) is 0 Å². The highest BCUT2D eigenvalue weighted by Gasteiger charge is 2.08. The van der Waals surface area contributed by atoms with Gasteiger partial charge in [0.1, 0.15) is 5.82 Å². The SMILES string of the molecule is CC(C#N)CNC(C)Cc1ccccc1F. The zero-order valence-corrected chi connectivity index (χ0v) is 9.70. The van der Waals surface area contributed by atoms with Crippen molar-refractivity contribution in [2.24, 2.45) is 5.92 Å². The zero-order chi connectivity index (χ0) is 12.0. The number of benzene rings is 1. The Hall–Kier alpha value is -1.40. The summed E-state index contributed by atoms with van der Waals surface area (Å²) in [6.07, 6.45) is 0.644. The molecule has 2 unspecified atom stereocenters. The molecule has 0 aliphatic carbocycles. The van der Waals surface area contributed by atoms with Crippen LogP contribution in [-0.4, -0.2) is 12.6 Å². The van der Waals surface area contributed by atoms with E-state index in [4.69, 9.17) is 5.26 Å². The van der Waals surface area contributed by atoms with E-state index >= 15 is 0 Å². The first-order chi connectivity index (χ1) is 7.63. The predicted molar refractivity (Wildman–Crippen MR) is 62.3 cm³/mol. The van der Waals surface area contributed by atoms with E-state index in [-0.39, 0.29) is 17.8 Å². The molecule has 0 aliphatic heterocycles. The topological polar surface area (TPSA) is 35.8 Å². The molecule has 1 N–H and O–H groups in total. The molecule has 2 nitrogen and oxygen atoms in total. The Labute approximate surface area is 96.1 Å². The van der Waals surface area contributed by atoms with Crippen molar-refractivity contribution in [2.75, 3.05) is 6.54 Å². The first-order valence-corrected chi connectivity index (χ1v) is 5.50. The molecule has 1 aromatic carbocycles. The molecule has 0 radical (unpaired) electrons. The van der Waals surface area contributed by atoms with Gasteiger partial charge in [-0.05, 0) is 31.9 Å². The molecule has 0 fully saturated rings. The first kappa shape index (κ1) is 12.7. The second kappa shape index (κ2) is 6.24. The van der Waals surface area contributed by atoms with Crippen LogP contribution >= 0.6 is 0 Å². The number of nitriles is 1. The molecule has 0 aliphatic rings. The summed E-state index contributed by atoms with van der Waals surface area (Å²) in [6.45, 7) is 4.51. The monoisotopic (exact) mass is 220 g/mol. The van der Waals surface area contributed by atoms with Gasteiger partial charge >= 0.3 is 0 Å². The van der Waals surface area contributed by atoms with Crippen LogP contribution in [0.3, 0.4) is 0 Å². The molecule has 0 amide bonds. The Balaban J connectivity index is 2.43. The molecule has 0 saturated heterocycles. The van der Waals surface area contributed by atoms with E-state index in [1.54, 1.807) is 12.1 Å². The molecule has 1 rings (SSSR count). The highest BCUT2D eigenvalue weighted by Crippen LogP contribution is 2.09. The van der Waals surface area contributed by atoms with E-state index in [2.05, 4.69) is 11.4 Å². The molecule has 0 aromatic heterocycles. The third-order valence-corrected chi connectivity index (χ3v) is 2.48. The molecule has 2 atom stereocenters. The summed E-state index contributed by atoms with van der Waals surface area (Å²) in [5, 5.41) is 11.9. The molecule has 3 heteroatoms. The molecule has 16 heavy (non-hydrogen) atoms. The van der Waals surface area contributed by atoms with Crippen molar-refractivity contribution >= 4 is 0 Å². The fourth-order valence-corrected chi connectivity index (χ4v) is 1.49. The van der Waals surface area contributed by atoms with E-state index in [1.807, 2.05) is 19.9 Å². The molecular weight excluding hydrogens is 203 g/mol. The minimum absolute atomic E-state index is 0.0110. The van der Waals surface area contributed by atoms with Crippen molar-refractivity contribution in [3.63, 3.8) is 0 Å². The summed E-state index contributed by atoms with van der Waals surface area (Å²) in [5.41, 5.74) is 0.715. The number of nitrogens with zero attached hydrogens (tertiary/aromatic N) is 1. The minimum Gasteiger partial charge on any atom is -0.313 e. The van der Waals surface area contributed by atoms with Gasteiger partial charge in [0, 0.05) is 12.6 Å². The summed E-state index contributed by atoms with van der Waals surface area (Å²) >= 11 is 0. The summed E-state index contributed by atoms with van der Waals surface area (Å²) in [4.78, 5) is 0. The fourth-order valence-electron chi connectivity index (χ4n) is 1.49. The van der Waals surface area contributed by atoms with Crippen LogP contribution in [0.25, 0.3) is 0 Å². The fraction of sp³-hybridized carbons (Fsp3) is 0.462. The first-order valence-electron chi connectivity index (χ1n) is 5.50. The maximum atomic E-state index is 13.3. The predicted octanol–water partition coefficient (Wildman–Crippen LogP) is 2.51. The molecule has 1 aromatic rings. The van der Waals surface area contributed by atoms with Crippen molar-refractivity contribution in [1.29, 1.82) is 5.26 Å². The minimum atomic E-state index is -0.163. The number of hydrogen-bond donors (Lipinski definition) is 1. The van der Waals surface area contributed by atoms with Crippen LogP contribution in [0.2, 0.25) is 0 Å². The molecule has 86 valence electrons. The van der Waals surface area contributed by atoms with Crippen molar-refractivity contribution in [3.05, 3.63) is 35.6 Å². The lowest BCUT2D eigenvalue weighted by Crippen LogP contribution is -2.31. The smallest absolute Gasteiger partial charge is 0.126 e. The Morgan fingerprint density at radius 3 is 2.69 bits per heavy atom. The molecule has 0 bridgehead atoms. The van der Waals surface area contributed by atoms with Gasteiger partial charge in [-0.3, -0.25) is 0 Å². The van der Waals surface area contributed by atoms with Crippen LogP contribution in [-0.2, 0) is 6.42 Å². The van der Waals surface area contributed by atoms with Gasteiger partial charge in [-0.1, -0.05) is 18.2 Å². The van der Waals surface area contributed by atoms with E-state index in [0.29, 0.717) is 18.5 Å². The van der Waals surface area contributed by atoms with Gasteiger partial charge in [0.05, 0.1) is 12.0 Å². The van der Waals surface area contributed by atoms with E-state index in [9.17, 15) is 4.39 Å². The second-order valence-corrected chi connectivity index (χ2v) is 4.13. The number of rotatable bonds is 5. The largest absolute Gasteiger partial charge is 0.313 e. The zero-order valence-electron chi connectivity index (χ0n) is 9.70. The van der Waals surface area contributed by atoms with Crippen molar-refractivity contribution in [1.82, 2.24) is 5.32 Å². The quantitative estimate of drug-likeness (QED) is 0.827. The number of hydrogen-bond acceptors (Lipinski definition) is 2. The summed E-state index contributed by atoms with van der Waals surface area (Å²) in [6, 6.07) is 9.12. The van der Waals surface area contributed by atoms with Gasteiger partial charge < -0.3 is 5.32 Å². The van der Waals surface area contributed by atoms with Gasteiger partial charge in [0.15, 0.2) is 0 Å². The Bertz CT molecular complexity index is 370. The average Bonchev–Trinajstić information content (AvgIpc) is 2.29. The van der Waals surface area contributed by atoms with Gasteiger partial charge in [0.25, 0.3) is 0 Å². The van der Waals surface area contributed by atoms with Crippen LogP contribution in [0.4, 0.5) is 4.39 Å².